The van der Waals surface area contributed by atoms with E-state index in [1.54, 1.807) is 24.3 Å². The summed E-state index contributed by atoms with van der Waals surface area (Å²) in [5.41, 5.74) is -1.01. The highest BCUT2D eigenvalue weighted by Gasteiger charge is 2.35. The van der Waals surface area contributed by atoms with Crippen molar-refractivity contribution in [1.29, 1.82) is 0 Å². The second-order valence-corrected chi connectivity index (χ2v) is 5.89. The Morgan fingerprint density at radius 1 is 1.05 bits per heavy atom. The second kappa shape index (κ2) is 6.19. The van der Waals surface area contributed by atoms with Gasteiger partial charge in [0.15, 0.2) is 0 Å². The number of halogens is 5. The summed E-state index contributed by atoms with van der Waals surface area (Å²) in [4.78, 5) is 12.1. The minimum atomic E-state index is -4.61. The average Bonchev–Trinajstić information content (AvgIpc) is 2.40. The van der Waals surface area contributed by atoms with Gasteiger partial charge in [-0.1, -0.05) is 28.1 Å². The van der Waals surface area contributed by atoms with Crippen LogP contribution in [0.2, 0.25) is 0 Å². The van der Waals surface area contributed by atoms with Crippen molar-refractivity contribution in [1.82, 2.24) is 0 Å². The SMILES string of the molecule is O=C(Nc1ccccc1Br)c1ccc(Br)cc1C(F)(F)F. The van der Waals surface area contributed by atoms with Crippen LogP contribution in [0, 0.1) is 0 Å². The maximum Gasteiger partial charge on any atom is 0.417 e. The normalized spacial score (nSPS) is 11.3. The van der Waals surface area contributed by atoms with Crippen molar-refractivity contribution in [3.8, 4) is 0 Å². The number of nitrogens with one attached hydrogen (secondary N) is 1. The van der Waals surface area contributed by atoms with Crippen LogP contribution < -0.4 is 5.32 Å². The van der Waals surface area contributed by atoms with Gasteiger partial charge in [-0.15, -0.1) is 0 Å². The van der Waals surface area contributed by atoms with Gasteiger partial charge in [0.25, 0.3) is 5.91 Å². The molecule has 0 radical (unpaired) electrons. The molecule has 0 heterocycles. The smallest absolute Gasteiger partial charge is 0.321 e. The summed E-state index contributed by atoms with van der Waals surface area (Å²) in [6.07, 6.45) is -4.61. The Balaban J connectivity index is 2.38. The van der Waals surface area contributed by atoms with Crippen molar-refractivity contribution in [3.05, 3.63) is 62.5 Å². The van der Waals surface area contributed by atoms with Crippen LogP contribution in [0.25, 0.3) is 0 Å². The summed E-state index contributed by atoms with van der Waals surface area (Å²) >= 11 is 6.20. The summed E-state index contributed by atoms with van der Waals surface area (Å²) in [5, 5.41) is 2.46. The third-order valence-electron chi connectivity index (χ3n) is 2.65. The molecule has 0 spiro atoms. The lowest BCUT2D eigenvalue weighted by molar-refractivity contribution is -0.137. The molecule has 0 aliphatic heterocycles. The van der Waals surface area contributed by atoms with E-state index >= 15 is 0 Å². The van der Waals surface area contributed by atoms with Crippen LogP contribution in [0.4, 0.5) is 18.9 Å². The monoisotopic (exact) mass is 421 g/mol. The van der Waals surface area contributed by atoms with Crippen molar-refractivity contribution < 1.29 is 18.0 Å². The largest absolute Gasteiger partial charge is 0.417 e. The van der Waals surface area contributed by atoms with Crippen LogP contribution in [0.3, 0.4) is 0 Å². The molecule has 0 unspecified atom stereocenters. The highest BCUT2D eigenvalue weighted by atomic mass is 79.9. The minimum absolute atomic E-state index is 0.257. The number of hydrogen-bond donors (Lipinski definition) is 1. The fourth-order valence-electron chi connectivity index (χ4n) is 1.70. The van der Waals surface area contributed by atoms with Gasteiger partial charge in [-0.3, -0.25) is 4.79 Å². The predicted octanol–water partition coefficient (Wildman–Crippen LogP) is 5.48. The van der Waals surface area contributed by atoms with Gasteiger partial charge >= 0.3 is 6.18 Å². The Labute approximate surface area is 135 Å². The van der Waals surface area contributed by atoms with Crippen molar-refractivity contribution >= 4 is 43.5 Å². The second-order valence-electron chi connectivity index (χ2n) is 4.12. The van der Waals surface area contributed by atoms with E-state index in [4.69, 9.17) is 0 Å². The number of alkyl halides is 3. The molecule has 0 aromatic heterocycles. The Morgan fingerprint density at radius 2 is 1.71 bits per heavy atom. The van der Waals surface area contributed by atoms with E-state index < -0.39 is 23.2 Å². The van der Waals surface area contributed by atoms with Gasteiger partial charge < -0.3 is 5.32 Å². The van der Waals surface area contributed by atoms with Gasteiger partial charge in [-0.05, 0) is 46.3 Å². The molecule has 0 bridgehead atoms. The third kappa shape index (κ3) is 3.85. The fraction of sp³-hybridized carbons (Fsp3) is 0.0714. The number of benzene rings is 2. The molecular weight excluding hydrogens is 415 g/mol. The molecule has 0 saturated heterocycles. The van der Waals surface area contributed by atoms with Crippen LogP contribution in [-0.4, -0.2) is 5.91 Å². The van der Waals surface area contributed by atoms with Crippen LogP contribution in [0.15, 0.2) is 51.4 Å². The number of anilines is 1. The predicted molar refractivity (Wildman–Crippen MR) is 81.2 cm³/mol. The Bertz CT molecular complexity index is 686. The Kier molecular flexibility index (Phi) is 4.73. The molecule has 2 aromatic carbocycles. The molecule has 2 rings (SSSR count). The van der Waals surface area contributed by atoms with Crippen LogP contribution in [0.1, 0.15) is 15.9 Å². The van der Waals surface area contributed by atoms with Gasteiger partial charge in [0.2, 0.25) is 0 Å². The first-order chi connectivity index (χ1) is 9.79. The van der Waals surface area contributed by atoms with E-state index in [2.05, 4.69) is 37.2 Å². The van der Waals surface area contributed by atoms with Gasteiger partial charge in [0.05, 0.1) is 16.8 Å². The zero-order chi connectivity index (χ0) is 15.6. The van der Waals surface area contributed by atoms with Crippen LogP contribution in [-0.2, 0) is 6.18 Å². The molecule has 1 amide bonds. The highest BCUT2D eigenvalue weighted by Crippen LogP contribution is 2.34. The third-order valence-corrected chi connectivity index (χ3v) is 3.84. The van der Waals surface area contributed by atoms with Crippen LogP contribution in [0.5, 0.6) is 0 Å². The van der Waals surface area contributed by atoms with E-state index in [1.807, 2.05) is 0 Å². The Morgan fingerprint density at radius 3 is 2.33 bits per heavy atom. The zero-order valence-electron chi connectivity index (χ0n) is 10.3. The van der Waals surface area contributed by atoms with E-state index in [-0.39, 0.29) is 4.47 Å². The lowest BCUT2D eigenvalue weighted by atomic mass is 10.1. The van der Waals surface area contributed by atoms with E-state index in [0.717, 1.165) is 12.1 Å². The Hall–Kier alpha value is -1.34. The molecule has 21 heavy (non-hydrogen) atoms. The summed E-state index contributed by atoms with van der Waals surface area (Å²) in [6, 6.07) is 10.1. The highest BCUT2D eigenvalue weighted by molar-refractivity contribution is 9.10. The van der Waals surface area contributed by atoms with Gasteiger partial charge in [-0.25, -0.2) is 0 Å². The summed E-state index contributed by atoms with van der Waals surface area (Å²) in [7, 11) is 0. The van der Waals surface area contributed by atoms with E-state index in [9.17, 15) is 18.0 Å². The minimum Gasteiger partial charge on any atom is -0.321 e. The van der Waals surface area contributed by atoms with Crippen molar-refractivity contribution in [2.24, 2.45) is 0 Å². The molecule has 110 valence electrons. The van der Waals surface area contributed by atoms with Crippen LogP contribution >= 0.6 is 31.9 Å². The first-order valence-electron chi connectivity index (χ1n) is 5.71. The fourth-order valence-corrected chi connectivity index (χ4v) is 2.45. The molecular formula is C14H8Br2F3NO. The summed E-state index contributed by atoms with van der Waals surface area (Å²) in [6.45, 7) is 0. The van der Waals surface area contributed by atoms with Crippen molar-refractivity contribution in [2.75, 3.05) is 5.32 Å². The number of amides is 1. The molecule has 0 fully saturated rings. The summed E-state index contributed by atoms with van der Waals surface area (Å²) in [5.74, 6) is -0.818. The number of hydrogen-bond acceptors (Lipinski definition) is 1. The molecule has 0 aliphatic rings. The average molecular weight is 423 g/mol. The number of para-hydroxylation sites is 1. The summed E-state index contributed by atoms with van der Waals surface area (Å²) < 4.78 is 39.8. The zero-order valence-corrected chi connectivity index (χ0v) is 13.5. The van der Waals surface area contributed by atoms with Crippen molar-refractivity contribution in [2.45, 2.75) is 6.18 Å². The van der Waals surface area contributed by atoms with E-state index in [0.29, 0.717) is 10.2 Å². The molecule has 0 atom stereocenters. The lowest BCUT2D eigenvalue weighted by Gasteiger charge is -2.14. The first kappa shape index (κ1) is 16.0. The standard InChI is InChI=1S/C14H8Br2F3NO/c15-8-5-6-9(10(7-8)14(17,18)19)13(21)20-12-4-2-1-3-11(12)16/h1-7H,(H,20,21). The lowest BCUT2D eigenvalue weighted by Crippen LogP contribution is -2.19. The van der Waals surface area contributed by atoms with E-state index in [1.165, 1.54) is 6.07 Å². The first-order valence-corrected chi connectivity index (χ1v) is 7.30. The number of carbonyl (C=O) groups excluding carboxylic acids is 1. The van der Waals surface area contributed by atoms with Gasteiger partial charge in [0.1, 0.15) is 0 Å². The molecule has 7 heteroatoms. The molecule has 1 N–H and O–H groups in total. The van der Waals surface area contributed by atoms with Crippen molar-refractivity contribution in [3.63, 3.8) is 0 Å². The maximum absolute atomic E-state index is 13.0. The topological polar surface area (TPSA) is 29.1 Å². The molecule has 0 saturated carbocycles. The maximum atomic E-state index is 13.0. The van der Waals surface area contributed by atoms with Gasteiger partial charge in [-0.2, -0.15) is 13.2 Å². The molecule has 0 aliphatic carbocycles. The quantitative estimate of drug-likeness (QED) is 0.681. The molecule has 2 aromatic rings. The van der Waals surface area contributed by atoms with Gasteiger partial charge in [0, 0.05) is 8.95 Å². The number of rotatable bonds is 2. The number of carbonyl (C=O) groups is 1. The molecule has 2 nitrogen and oxygen atoms in total.